The van der Waals surface area contributed by atoms with Crippen molar-refractivity contribution in [3.05, 3.63) is 12.3 Å². The number of hydrogen-bond acceptors (Lipinski definition) is 5. The molecule has 0 N–H and O–H groups in total. The van der Waals surface area contributed by atoms with Crippen LogP contribution in [-0.4, -0.2) is 48.7 Å². The molecule has 0 unspecified atom stereocenters. The molecule has 0 aromatic carbocycles. The maximum absolute atomic E-state index is 5.67. The Morgan fingerprint density at radius 1 is 1.00 bits per heavy atom. The number of hydrogen-bond donors (Lipinski definition) is 0. The van der Waals surface area contributed by atoms with Crippen LogP contribution < -0.4 is 0 Å². The van der Waals surface area contributed by atoms with Crippen LogP contribution in [0.4, 0.5) is 0 Å². The Kier molecular flexibility index (Phi) is 6.79. The third-order valence-corrected chi connectivity index (χ3v) is 9.72. The fraction of sp³-hybridized carbons (Fsp3) is 0.714. The first kappa shape index (κ1) is 15.2. The van der Waals surface area contributed by atoms with Crippen LogP contribution in [0.2, 0.25) is 13.1 Å². The Labute approximate surface area is 96.0 Å². The summed E-state index contributed by atoms with van der Waals surface area (Å²) in [5.41, 5.74) is 1.86. The van der Waals surface area contributed by atoms with E-state index in [2.05, 4.69) is 6.58 Å². The zero-order valence-electron chi connectivity index (χ0n) is 10.0. The highest BCUT2D eigenvalue weighted by atomic mass is 28.5. The van der Waals surface area contributed by atoms with E-state index in [-0.39, 0.29) is 0 Å². The summed E-state index contributed by atoms with van der Waals surface area (Å²) < 4.78 is 26.5. The van der Waals surface area contributed by atoms with E-state index in [1.54, 1.807) is 0 Å². The molecule has 0 heterocycles. The summed E-state index contributed by atoms with van der Waals surface area (Å²) in [5, 5.41) is 0. The van der Waals surface area contributed by atoms with Gasteiger partial charge in [-0.25, -0.2) is 0 Å². The van der Waals surface area contributed by atoms with Gasteiger partial charge in [-0.15, -0.1) is 6.58 Å². The fourth-order valence-electron chi connectivity index (χ4n) is 0.739. The Morgan fingerprint density at radius 3 is 1.80 bits per heavy atom. The van der Waals surface area contributed by atoms with Gasteiger partial charge < -0.3 is 21.5 Å². The van der Waals surface area contributed by atoms with Gasteiger partial charge in [-0.3, -0.25) is 0 Å². The molecule has 0 aliphatic carbocycles. The lowest BCUT2D eigenvalue weighted by atomic mass is 11.3. The highest BCUT2D eigenvalue weighted by Gasteiger charge is 2.42. The molecule has 0 aliphatic rings. The van der Waals surface area contributed by atoms with Gasteiger partial charge >= 0.3 is 9.05 Å². The van der Waals surface area contributed by atoms with Crippen molar-refractivity contribution in [3.63, 3.8) is 0 Å². The zero-order chi connectivity index (χ0) is 11.9. The average Bonchev–Trinajstić information content (AvgIpc) is 2.25. The van der Waals surface area contributed by atoms with Gasteiger partial charge in [-0.2, -0.15) is 0 Å². The van der Waals surface area contributed by atoms with Gasteiger partial charge in [0, 0.05) is 21.3 Å². The van der Waals surface area contributed by atoms with Crippen molar-refractivity contribution in [3.8, 4) is 0 Å². The Hall–Kier alpha value is 0.191. The maximum atomic E-state index is 5.67. The molecule has 0 amide bonds. The SMILES string of the molecule is C=C[Si](C)(C)O[SiH2]O[Si](OC)(OC)OC. The largest absolute Gasteiger partial charge is 0.669 e. The second-order valence-corrected chi connectivity index (χ2v) is 11.7. The minimum atomic E-state index is -2.91. The second-order valence-electron chi connectivity index (χ2n) is 3.33. The van der Waals surface area contributed by atoms with E-state index in [1.165, 1.54) is 21.3 Å². The fourth-order valence-corrected chi connectivity index (χ4v) is 5.68. The molecule has 0 aromatic rings. The van der Waals surface area contributed by atoms with Gasteiger partial charge in [-0.1, -0.05) is 5.70 Å². The molecule has 0 bridgehead atoms. The van der Waals surface area contributed by atoms with Crippen molar-refractivity contribution >= 4 is 27.4 Å². The topological polar surface area (TPSA) is 46.2 Å². The van der Waals surface area contributed by atoms with Crippen molar-refractivity contribution in [2.75, 3.05) is 21.3 Å². The Balaban J connectivity index is 4.07. The standard InChI is InChI=1S/C7H20O5Si3/c1-7-14(5,6)11-13-12-15(8-2,9-3)10-4/h7H,1,13H2,2-6H3. The van der Waals surface area contributed by atoms with Crippen LogP contribution in [0.1, 0.15) is 0 Å². The van der Waals surface area contributed by atoms with Gasteiger partial charge in [0.15, 0.2) is 8.32 Å². The molecule has 0 fully saturated rings. The summed E-state index contributed by atoms with van der Waals surface area (Å²) in [6.45, 7) is 7.82. The lowest BCUT2D eigenvalue weighted by Gasteiger charge is -2.25. The predicted octanol–water partition coefficient (Wildman–Crippen LogP) is 0.323. The lowest BCUT2D eigenvalue weighted by Crippen LogP contribution is -2.49. The van der Waals surface area contributed by atoms with E-state index in [1.807, 2.05) is 18.8 Å². The normalized spacial score (nSPS) is 13.7. The first-order valence-electron chi connectivity index (χ1n) is 4.52. The van der Waals surface area contributed by atoms with Crippen LogP contribution in [0.5, 0.6) is 0 Å². The molecule has 15 heavy (non-hydrogen) atoms. The summed E-state index contributed by atoms with van der Waals surface area (Å²) in [7, 11) is -1.32. The molecule has 0 aliphatic heterocycles. The average molecular weight is 268 g/mol. The summed E-state index contributed by atoms with van der Waals surface area (Å²) in [5.74, 6) is 0. The molecular formula is C7H20O5Si3. The Bertz CT molecular complexity index is 187. The minimum Gasteiger partial charge on any atom is -0.437 e. The molecule has 0 radical (unpaired) electrons. The lowest BCUT2D eigenvalue weighted by molar-refractivity contribution is 0.0479. The summed E-state index contributed by atoms with van der Waals surface area (Å²) >= 11 is 0. The quantitative estimate of drug-likeness (QED) is 0.594. The van der Waals surface area contributed by atoms with Gasteiger partial charge in [-0.05, 0) is 13.1 Å². The van der Waals surface area contributed by atoms with Crippen LogP contribution in [0.15, 0.2) is 12.3 Å². The van der Waals surface area contributed by atoms with Crippen molar-refractivity contribution in [1.82, 2.24) is 0 Å². The summed E-state index contributed by atoms with van der Waals surface area (Å²) in [4.78, 5) is 0. The monoisotopic (exact) mass is 268 g/mol. The smallest absolute Gasteiger partial charge is 0.437 e. The Morgan fingerprint density at radius 2 is 1.47 bits per heavy atom. The van der Waals surface area contributed by atoms with E-state index in [9.17, 15) is 0 Å². The third-order valence-electron chi connectivity index (χ3n) is 1.91. The molecule has 0 saturated carbocycles. The van der Waals surface area contributed by atoms with E-state index >= 15 is 0 Å². The second kappa shape index (κ2) is 6.70. The first-order chi connectivity index (χ1) is 6.95. The zero-order valence-corrected chi connectivity index (χ0v) is 13.4. The van der Waals surface area contributed by atoms with Crippen molar-refractivity contribution in [2.45, 2.75) is 13.1 Å². The molecule has 0 spiro atoms. The van der Waals surface area contributed by atoms with Crippen molar-refractivity contribution in [1.29, 1.82) is 0 Å². The van der Waals surface area contributed by atoms with Crippen LogP contribution >= 0.6 is 0 Å². The summed E-state index contributed by atoms with van der Waals surface area (Å²) in [6.07, 6.45) is 0. The van der Waals surface area contributed by atoms with E-state index in [4.69, 9.17) is 21.5 Å². The molecule has 0 atom stereocenters. The van der Waals surface area contributed by atoms with Gasteiger partial charge in [0.05, 0.1) is 0 Å². The maximum Gasteiger partial charge on any atom is 0.669 e. The highest BCUT2D eigenvalue weighted by molar-refractivity contribution is 6.79. The number of rotatable bonds is 8. The van der Waals surface area contributed by atoms with Crippen LogP contribution in [-0.2, 0) is 21.5 Å². The van der Waals surface area contributed by atoms with E-state index in [0.29, 0.717) is 0 Å². The highest BCUT2D eigenvalue weighted by Crippen LogP contribution is 2.09. The molecule has 5 nitrogen and oxygen atoms in total. The predicted molar refractivity (Wildman–Crippen MR) is 65.2 cm³/mol. The molecule has 0 saturated heterocycles. The van der Waals surface area contributed by atoms with Gasteiger partial charge in [0.1, 0.15) is 0 Å². The minimum absolute atomic E-state index is 1.16. The molecular weight excluding hydrogens is 248 g/mol. The van der Waals surface area contributed by atoms with Crippen molar-refractivity contribution in [2.24, 2.45) is 0 Å². The summed E-state index contributed by atoms with van der Waals surface area (Å²) in [6, 6.07) is 0. The molecule has 8 heteroatoms. The van der Waals surface area contributed by atoms with Crippen LogP contribution in [0.3, 0.4) is 0 Å². The first-order valence-corrected chi connectivity index (χ1v) is 10.3. The van der Waals surface area contributed by atoms with Crippen LogP contribution in [0, 0.1) is 0 Å². The van der Waals surface area contributed by atoms with Gasteiger partial charge in [0.2, 0.25) is 0 Å². The molecule has 0 rings (SSSR count). The van der Waals surface area contributed by atoms with Gasteiger partial charge in [0.25, 0.3) is 10.0 Å². The third kappa shape index (κ3) is 5.17. The van der Waals surface area contributed by atoms with Crippen LogP contribution in [0.25, 0.3) is 0 Å². The van der Waals surface area contributed by atoms with E-state index in [0.717, 1.165) is 0 Å². The van der Waals surface area contributed by atoms with E-state index < -0.39 is 27.4 Å². The molecule has 90 valence electrons. The van der Waals surface area contributed by atoms with Crippen molar-refractivity contribution < 1.29 is 21.5 Å². The molecule has 0 aromatic heterocycles.